The van der Waals surface area contributed by atoms with Crippen LogP contribution < -0.4 is 15.4 Å². The van der Waals surface area contributed by atoms with Crippen molar-refractivity contribution in [3.63, 3.8) is 0 Å². The van der Waals surface area contributed by atoms with E-state index in [1.807, 2.05) is 68.1 Å². The molecule has 0 spiro atoms. The van der Waals surface area contributed by atoms with Crippen molar-refractivity contribution in [1.29, 1.82) is 0 Å². The van der Waals surface area contributed by atoms with E-state index in [1.54, 1.807) is 14.0 Å². The molecule has 2 aromatic carbocycles. The molecule has 37 heavy (non-hydrogen) atoms. The molecule has 0 aliphatic rings. The van der Waals surface area contributed by atoms with E-state index in [4.69, 9.17) is 14.5 Å². The molecule has 1 heterocycles. The molecular weight excluding hydrogens is 468 g/mol. The van der Waals surface area contributed by atoms with E-state index in [0.717, 1.165) is 40.0 Å². The molecule has 0 unspecified atom stereocenters. The molecule has 0 saturated carbocycles. The third-order valence-electron chi connectivity index (χ3n) is 5.74. The van der Waals surface area contributed by atoms with Gasteiger partial charge in [-0.1, -0.05) is 18.2 Å². The Morgan fingerprint density at radius 1 is 0.973 bits per heavy atom. The summed E-state index contributed by atoms with van der Waals surface area (Å²) in [6.45, 7) is 9.41. The van der Waals surface area contributed by atoms with Gasteiger partial charge in [0.15, 0.2) is 0 Å². The second-order valence-electron chi connectivity index (χ2n) is 9.87. The number of nitrogens with one attached hydrogen (secondary N) is 2. The van der Waals surface area contributed by atoms with Gasteiger partial charge in [-0.05, 0) is 70.0 Å². The summed E-state index contributed by atoms with van der Waals surface area (Å²) in [6, 6.07) is 18.0. The summed E-state index contributed by atoms with van der Waals surface area (Å²) in [4.78, 5) is 30.6. The lowest BCUT2D eigenvalue weighted by Gasteiger charge is -2.22. The van der Waals surface area contributed by atoms with E-state index in [9.17, 15) is 9.59 Å². The van der Waals surface area contributed by atoms with Gasteiger partial charge in [-0.15, -0.1) is 0 Å². The van der Waals surface area contributed by atoms with Crippen molar-refractivity contribution in [1.82, 2.24) is 15.2 Å². The molecule has 2 N–H and O–H groups in total. The van der Waals surface area contributed by atoms with Crippen molar-refractivity contribution in [2.45, 2.75) is 46.1 Å². The fraction of sp³-hybridized carbons (Fsp3) is 0.414. The maximum absolute atomic E-state index is 12.1. The molecule has 8 nitrogen and oxygen atoms in total. The molecule has 3 aromatic rings. The van der Waals surface area contributed by atoms with E-state index in [-0.39, 0.29) is 5.91 Å². The zero-order valence-corrected chi connectivity index (χ0v) is 22.5. The molecule has 0 aliphatic carbocycles. The minimum atomic E-state index is -0.530. The molecule has 2 amide bonds. The Hall–Kier alpha value is -3.81. The summed E-state index contributed by atoms with van der Waals surface area (Å²) >= 11 is 0. The van der Waals surface area contributed by atoms with Crippen LogP contribution in [0.3, 0.4) is 0 Å². The average Bonchev–Trinajstić information content (AvgIpc) is 2.86. The number of benzene rings is 2. The Bertz CT molecular complexity index is 1190. The monoisotopic (exact) mass is 506 g/mol. The van der Waals surface area contributed by atoms with Crippen molar-refractivity contribution in [3.8, 4) is 17.0 Å². The van der Waals surface area contributed by atoms with Gasteiger partial charge in [0.05, 0.1) is 18.3 Å². The van der Waals surface area contributed by atoms with Crippen LogP contribution in [0.2, 0.25) is 0 Å². The quantitative estimate of drug-likeness (QED) is 0.335. The third-order valence-corrected chi connectivity index (χ3v) is 5.74. The number of pyridine rings is 1. The molecule has 0 fully saturated rings. The molecule has 1 aromatic heterocycles. The Morgan fingerprint density at radius 3 is 2.30 bits per heavy atom. The lowest BCUT2D eigenvalue weighted by molar-refractivity contribution is -0.128. The fourth-order valence-corrected chi connectivity index (χ4v) is 3.93. The molecule has 8 heteroatoms. The van der Waals surface area contributed by atoms with Gasteiger partial charge in [0.2, 0.25) is 5.91 Å². The minimum Gasteiger partial charge on any atom is -0.497 e. The summed E-state index contributed by atoms with van der Waals surface area (Å²) in [5, 5.41) is 7.33. The van der Waals surface area contributed by atoms with E-state index in [2.05, 4.69) is 22.8 Å². The van der Waals surface area contributed by atoms with Crippen molar-refractivity contribution >= 4 is 28.6 Å². The second-order valence-corrected chi connectivity index (χ2v) is 9.87. The molecule has 0 atom stereocenters. The highest BCUT2D eigenvalue weighted by Gasteiger charge is 2.16. The topological polar surface area (TPSA) is 92.8 Å². The zero-order valence-electron chi connectivity index (χ0n) is 22.5. The first-order valence-electron chi connectivity index (χ1n) is 12.7. The predicted octanol–water partition coefficient (Wildman–Crippen LogP) is 5.48. The second kappa shape index (κ2) is 12.9. The van der Waals surface area contributed by atoms with Crippen LogP contribution in [0.15, 0.2) is 54.6 Å². The number of aromatic nitrogens is 1. The first-order chi connectivity index (χ1) is 17.7. The third kappa shape index (κ3) is 8.66. The lowest BCUT2D eigenvalue weighted by atomic mass is 10.1. The van der Waals surface area contributed by atoms with Crippen LogP contribution in [0.1, 0.15) is 40.5 Å². The largest absolute Gasteiger partial charge is 0.497 e. The van der Waals surface area contributed by atoms with Gasteiger partial charge >= 0.3 is 6.09 Å². The average molecular weight is 507 g/mol. The summed E-state index contributed by atoms with van der Waals surface area (Å²) in [5.74, 6) is 0.826. The standard InChI is InChI=1S/C29H38N4O4/c1-21(34)33(19-9-17-31-28(35)37-29(2,3)4)18-8-16-30-27-20-26(22-12-14-23(36-5)15-13-22)32-25-11-7-6-10-24(25)27/h6-7,10-15,20H,8-9,16-19H2,1-5H3,(H,30,32)(H,31,35). The van der Waals surface area contributed by atoms with Crippen molar-refractivity contribution in [3.05, 3.63) is 54.6 Å². The maximum Gasteiger partial charge on any atom is 0.407 e. The molecule has 0 radical (unpaired) electrons. The Kier molecular flexibility index (Phi) is 9.71. The molecule has 198 valence electrons. The van der Waals surface area contributed by atoms with Crippen molar-refractivity contribution in [2.24, 2.45) is 0 Å². The van der Waals surface area contributed by atoms with E-state index < -0.39 is 11.7 Å². The van der Waals surface area contributed by atoms with Crippen molar-refractivity contribution < 1.29 is 19.1 Å². The number of carbonyl (C=O) groups is 2. The van der Waals surface area contributed by atoms with Gasteiger partial charge in [0.1, 0.15) is 11.4 Å². The number of hydrogen-bond donors (Lipinski definition) is 2. The smallest absolute Gasteiger partial charge is 0.407 e. The van der Waals surface area contributed by atoms with E-state index >= 15 is 0 Å². The number of rotatable bonds is 11. The summed E-state index contributed by atoms with van der Waals surface area (Å²) in [7, 11) is 1.65. The van der Waals surface area contributed by atoms with Crippen LogP contribution in [-0.4, -0.2) is 60.8 Å². The minimum absolute atomic E-state index is 0.0217. The van der Waals surface area contributed by atoms with Crippen LogP contribution in [0.25, 0.3) is 22.2 Å². The van der Waals surface area contributed by atoms with Crippen LogP contribution in [0, 0.1) is 0 Å². The number of alkyl carbamates (subject to hydrolysis) is 1. The SMILES string of the molecule is COc1ccc(-c2cc(NCCCN(CCCNC(=O)OC(C)(C)C)C(C)=O)c3ccccc3n2)cc1. The number of amides is 2. The Balaban J connectivity index is 1.56. The molecule has 3 rings (SSSR count). The van der Waals surface area contributed by atoms with Crippen LogP contribution >= 0.6 is 0 Å². The van der Waals surface area contributed by atoms with E-state index in [0.29, 0.717) is 32.6 Å². The summed E-state index contributed by atoms with van der Waals surface area (Å²) < 4.78 is 10.5. The number of para-hydroxylation sites is 1. The number of ether oxygens (including phenoxy) is 2. The van der Waals surface area contributed by atoms with Gasteiger partial charge in [0, 0.05) is 49.7 Å². The highest BCUT2D eigenvalue weighted by atomic mass is 16.6. The van der Waals surface area contributed by atoms with Gasteiger partial charge in [0.25, 0.3) is 0 Å². The number of anilines is 1. The normalized spacial score (nSPS) is 11.2. The summed E-state index contributed by atoms with van der Waals surface area (Å²) in [6.07, 6.45) is 1.00. The fourth-order valence-electron chi connectivity index (χ4n) is 3.93. The summed E-state index contributed by atoms with van der Waals surface area (Å²) in [5.41, 5.74) is 3.29. The van der Waals surface area contributed by atoms with Crippen molar-refractivity contribution in [2.75, 3.05) is 38.6 Å². The number of fused-ring (bicyclic) bond motifs is 1. The van der Waals surface area contributed by atoms with E-state index in [1.165, 1.54) is 0 Å². The predicted molar refractivity (Wildman–Crippen MR) is 148 cm³/mol. The number of nitrogens with zero attached hydrogens (tertiary/aromatic N) is 2. The van der Waals surface area contributed by atoms with Gasteiger partial charge < -0.3 is 25.0 Å². The molecule has 0 bridgehead atoms. The zero-order chi connectivity index (χ0) is 26.8. The Labute approximate surface area is 219 Å². The van der Waals surface area contributed by atoms with Crippen LogP contribution in [-0.2, 0) is 9.53 Å². The maximum atomic E-state index is 12.1. The first-order valence-corrected chi connectivity index (χ1v) is 12.7. The van der Waals surface area contributed by atoms with Gasteiger partial charge in [-0.3, -0.25) is 4.79 Å². The number of hydrogen-bond acceptors (Lipinski definition) is 6. The van der Waals surface area contributed by atoms with Crippen LogP contribution in [0.4, 0.5) is 10.5 Å². The van der Waals surface area contributed by atoms with Gasteiger partial charge in [-0.25, -0.2) is 9.78 Å². The van der Waals surface area contributed by atoms with Gasteiger partial charge in [-0.2, -0.15) is 0 Å². The highest BCUT2D eigenvalue weighted by Crippen LogP contribution is 2.29. The molecular formula is C29H38N4O4. The number of methoxy groups -OCH3 is 1. The number of carbonyl (C=O) groups excluding carboxylic acids is 2. The first kappa shape index (κ1) is 27.8. The Morgan fingerprint density at radius 2 is 1.65 bits per heavy atom. The molecule has 0 saturated heterocycles. The molecule has 0 aliphatic heterocycles. The highest BCUT2D eigenvalue weighted by molar-refractivity contribution is 5.93. The van der Waals surface area contributed by atoms with Crippen LogP contribution in [0.5, 0.6) is 5.75 Å². The lowest BCUT2D eigenvalue weighted by Crippen LogP contribution is -2.36.